The third-order valence-electron chi connectivity index (χ3n) is 4.21. The summed E-state index contributed by atoms with van der Waals surface area (Å²) in [7, 11) is 0. The number of carboxylic acid groups (broad SMARTS) is 1. The second kappa shape index (κ2) is 5.19. The normalized spacial score (nSPS) is 34.7. The van der Waals surface area contributed by atoms with Gasteiger partial charge in [0.1, 0.15) is 11.6 Å². The molecule has 0 unspecified atom stereocenters. The zero-order valence-electron chi connectivity index (χ0n) is 11.1. The number of carbonyl (C=O) groups excluding carboxylic acids is 2. The molecule has 0 radical (unpaired) electrons. The molecule has 2 rings (SSSR count). The predicted octanol–water partition coefficient (Wildman–Crippen LogP) is 0.415. The van der Waals surface area contributed by atoms with Crippen LogP contribution in [-0.2, 0) is 14.4 Å². The van der Waals surface area contributed by atoms with Crippen molar-refractivity contribution < 1.29 is 19.5 Å². The number of nitrogens with one attached hydrogen (secondary N) is 2. The van der Waals surface area contributed by atoms with Crippen molar-refractivity contribution in [2.24, 2.45) is 5.92 Å². The fourth-order valence-electron chi connectivity index (χ4n) is 2.78. The van der Waals surface area contributed by atoms with Crippen LogP contribution in [0.4, 0.5) is 0 Å². The van der Waals surface area contributed by atoms with Crippen molar-refractivity contribution in [3.8, 4) is 0 Å². The molecule has 6 nitrogen and oxygen atoms in total. The average molecular weight is 268 g/mol. The fourth-order valence-corrected chi connectivity index (χ4v) is 2.78. The van der Waals surface area contributed by atoms with Gasteiger partial charge < -0.3 is 15.7 Å². The predicted molar refractivity (Wildman–Crippen MR) is 67.3 cm³/mol. The average Bonchev–Trinajstić information content (AvgIpc) is 2.79. The van der Waals surface area contributed by atoms with Crippen molar-refractivity contribution in [2.45, 2.75) is 57.0 Å². The molecule has 3 N–H and O–H groups in total. The van der Waals surface area contributed by atoms with Crippen LogP contribution in [0.15, 0.2) is 0 Å². The monoisotopic (exact) mass is 268 g/mol. The molecular weight excluding hydrogens is 248 g/mol. The molecular formula is C13H20N2O4. The van der Waals surface area contributed by atoms with Crippen molar-refractivity contribution >= 4 is 17.8 Å². The van der Waals surface area contributed by atoms with Gasteiger partial charge in [-0.25, -0.2) is 4.79 Å². The van der Waals surface area contributed by atoms with E-state index in [2.05, 4.69) is 17.6 Å². The van der Waals surface area contributed by atoms with Gasteiger partial charge in [-0.15, -0.1) is 0 Å². The van der Waals surface area contributed by atoms with E-state index in [1.54, 1.807) is 0 Å². The SMILES string of the molecule is CC1CCC(NC(=O)[C@H]2CCC(=O)N2)(C(=O)O)CC1. The van der Waals surface area contributed by atoms with E-state index in [-0.39, 0.29) is 11.8 Å². The van der Waals surface area contributed by atoms with E-state index < -0.39 is 17.6 Å². The Hall–Kier alpha value is -1.59. The lowest BCUT2D eigenvalue weighted by Crippen LogP contribution is -2.59. The lowest BCUT2D eigenvalue weighted by molar-refractivity contribution is -0.150. The van der Waals surface area contributed by atoms with E-state index in [0.29, 0.717) is 31.6 Å². The Morgan fingerprint density at radius 2 is 1.95 bits per heavy atom. The highest BCUT2D eigenvalue weighted by atomic mass is 16.4. The molecule has 2 fully saturated rings. The van der Waals surface area contributed by atoms with E-state index in [0.717, 1.165) is 12.8 Å². The Bertz CT molecular complexity index is 399. The zero-order chi connectivity index (χ0) is 14.0. The number of hydrogen-bond acceptors (Lipinski definition) is 3. The van der Waals surface area contributed by atoms with Crippen molar-refractivity contribution in [1.82, 2.24) is 10.6 Å². The Balaban J connectivity index is 2.03. The van der Waals surface area contributed by atoms with Crippen LogP contribution in [0.25, 0.3) is 0 Å². The molecule has 1 aliphatic heterocycles. The molecule has 1 saturated heterocycles. The van der Waals surface area contributed by atoms with Crippen LogP contribution in [0.2, 0.25) is 0 Å². The summed E-state index contributed by atoms with van der Waals surface area (Å²) < 4.78 is 0. The summed E-state index contributed by atoms with van der Waals surface area (Å²) in [6, 6.07) is -0.580. The van der Waals surface area contributed by atoms with E-state index in [1.807, 2.05) is 0 Å². The lowest BCUT2D eigenvalue weighted by Gasteiger charge is -2.37. The van der Waals surface area contributed by atoms with E-state index >= 15 is 0 Å². The summed E-state index contributed by atoms with van der Waals surface area (Å²) in [5.74, 6) is -1.00. The van der Waals surface area contributed by atoms with Gasteiger partial charge in [0, 0.05) is 6.42 Å². The lowest BCUT2D eigenvalue weighted by atomic mass is 9.77. The van der Waals surface area contributed by atoms with Crippen molar-refractivity contribution in [3.63, 3.8) is 0 Å². The van der Waals surface area contributed by atoms with Crippen LogP contribution in [0.1, 0.15) is 45.4 Å². The Labute approximate surface area is 111 Å². The standard InChI is InChI=1S/C13H20N2O4/c1-8-4-6-13(7-5-8,12(18)19)15-11(17)9-2-3-10(16)14-9/h8-9H,2-7H2,1H3,(H,14,16)(H,15,17)(H,18,19)/t8?,9-,13?/m1/s1. The van der Waals surface area contributed by atoms with Crippen LogP contribution in [0.5, 0.6) is 0 Å². The number of hydrogen-bond donors (Lipinski definition) is 3. The molecule has 0 aromatic heterocycles. The molecule has 1 atom stereocenters. The first-order valence-corrected chi connectivity index (χ1v) is 6.78. The minimum Gasteiger partial charge on any atom is -0.480 e. The van der Waals surface area contributed by atoms with Crippen molar-refractivity contribution in [1.29, 1.82) is 0 Å². The van der Waals surface area contributed by atoms with Crippen LogP contribution < -0.4 is 10.6 Å². The molecule has 1 saturated carbocycles. The second-order valence-electron chi connectivity index (χ2n) is 5.72. The minimum absolute atomic E-state index is 0.151. The van der Waals surface area contributed by atoms with Gasteiger partial charge in [-0.1, -0.05) is 6.92 Å². The minimum atomic E-state index is -1.16. The van der Waals surface area contributed by atoms with Crippen LogP contribution in [-0.4, -0.2) is 34.5 Å². The fraction of sp³-hybridized carbons (Fsp3) is 0.769. The van der Waals surface area contributed by atoms with Gasteiger partial charge in [-0.3, -0.25) is 9.59 Å². The highest BCUT2D eigenvalue weighted by molar-refractivity contribution is 5.94. The first-order chi connectivity index (χ1) is 8.93. The van der Waals surface area contributed by atoms with Gasteiger partial charge in [0.05, 0.1) is 0 Å². The first-order valence-electron chi connectivity index (χ1n) is 6.78. The summed E-state index contributed by atoms with van der Waals surface area (Å²) in [6.45, 7) is 2.09. The number of carboxylic acids is 1. The molecule has 0 aromatic rings. The van der Waals surface area contributed by atoms with Gasteiger partial charge in [0.15, 0.2) is 0 Å². The van der Waals surface area contributed by atoms with Gasteiger partial charge in [0.25, 0.3) is 0 Å². The molecule has 0 spiro atoms. The molecule has 0 aromatic carbocycles. The first kappa shape index (κ1) is 13.8. The molecule has 1 heterocycles. The summed E-state index contributed by atoms with van der Waals surface area (Å²) >= 11 is 0. The zero-order valence-corrected chi connectivity index (χ0v) is 11.1. The Morgan fingerprint density at radius 1 is 1.32 bits per heavy atom. The topological polar surface area (TPSA) is 95.5 Å². The number of rotatable bonds is 3. The van der Waals surface area contributed by atoms with Gasteiger partial charge in [-0.05, 0) is 38.0 Å². The van der Waals surface area contributed by atoms with Gasteiger partial charge in [-0.2, -0.15) is 0 Å². The molecule has 19 heavy (non-hydrogen) atoms. The number of aliphatic carboxylic acids is 1. The number of carbonyl (C=O) groups is 3. The molecule has 2 aliphatic rings. The van der Waals surface area contributed by atoms with Gasteiger partial charge >= 0.3 is 5.97 Å². The second-order valence-corrected chi connectivity index (χ2v) is 5.72. The maximum absolute atomic E-state index is 12.1. The third-order valence-corrected chi connectivity index (χ3v) is 4.21. The molecule has 106 valence electrons. The van der Waals surface area contributed by atoms with Gasteiger partial charge in [0.2, 0.25) is 11.8 Å². The quantitative estimate of drug-likeness (QED) is 0.691. The molecule has 0 bridgehead atoms. The number of amides is 2. The van der Waals surface area contributed by atoms with E-state index in [1.165, 1.54) is 0 Å². The summed E-state index contributed by atoms with van der Waals surface area (Å²) in [5.41, 5.74) is -1.16. The van der Waals surface area contributed by atoms with Crippen LogP contribution in [0, 0.1) is 5.92 Å². The Morgan fingerprint density at radius 3 is 2.42 bits per heavy atom. The van der Waals surface area contributed by atoms with E-state index in [4.69, 9.17) is 0 Å². The Kier molecular flexibility index (Phi) is 3.78. The van der Waals surface area contributed by atoms with Crippen molar-refractivity contribution in [2.75, 3.05) is 0 Å². The highest BCUT2D eigenvalue weighted by Gasteiger charge is 2.44. The molecule has 2 amide bonds. The summed E-state index contributed by atoms with van der Waals surface area (Å²) in [4.78, 5) is 34.7. The van der Waals surface area contributed by atoms with Crippen LogP contribution in [0.3, 0.4) is 0 Å². The summed E-state index contributed by atoms with van der Waals surface area (Å²) in [6.07, 6.45) is 3.27. The van der Waals surface area contributed by atoms with Crippen molar-refractivity contribution in [3.05, 3.63) is 0 Å². The highest BCUT2D eigenvalue weighted by Crippen LogP contribution is 2.32. The smallest absolute Gasteiger partial charge is 0.329 e. The third kappa shape index (κ3) is 2.88. The molecule has 1 aliphatic carbocycles. The van der Waals surface area contributed by atoms with E-state index in [9.17, 15) is 19.5 Å². The largest absolute Gasteiger partial charge is 0.480 e. The maximum Gasteiger partial charge on any atom is 0.329 e. The maximum atomic E-state index is 12.1. The molecule has 6 heteroatoms. The van der Waals surface area contributed by atoms with Crippen LogP contribution >= 0.6 is 0 Å². The summed E-state index contributed by atoms with van der Waals surface area (Å²) in [5, 5.41) is 14.6.